The molecule has 0 atom stereocenters. The van der Waals surface area contributed by atoms with E-state index in [1.54, 1.807) is 30.3 Å². The Morgan fingerprint density at radius 3 is 2.58 bits per heavy atom. The molecule has 0 aliphatic carbocycles. The van der Waals surface area contributed by atoms with Crippen molar-refractivity contribution in [1.29, 1.82) is 5.53 Å². The number of likely N-dealkylation sites (tertiary alicyclic amines) is 1. The van der Waals surface area contributed by atoms with Crippen LogP contribution in [-0.4, -0.2) is 53.9 Å². The van der Waals surface area contributed by atoms with Crippen LogP contribution in [0.3, 0.4) is 0 Å². The molecule has 0 bridgehead atoms. The summed E-state index contributed by atoms with van der Waals surface area (Å²) in [6, 6.07) is 16.6. The number of piperidine rings is 1. The first kappa shape index (κ1) is 22.4. The Bertz CT molecular complexity index is 1240. The summed E-state index contributed by atoms with van der Waals surface area (Å²) in [6.45, 7) is 2.00. The minimum atomic E-state index is -0.310. The molecule has 2 aromatic carbocycles. The normalized spacial score (nSPS) is 15.4. The molecule has 4 rings (SSSR count). The molecule has 3 N–H and O–H groups in total. The highest BCUT2D eigenvalue weighted by Crippen LogP contribution is 2.20. The van der Waals surface area contributed by atoms with E-state index in [-0.39, 0.29) is 23.2 Å². The van der Waals surface area contributed by atoms with Crippen LogP contribution in [0.15, 0.2) is 70.7 Å². The van der Waals surface area contributed by atoms with E-state index in [9.17, 15) is 9.59 Å². The summed E-state index contributed by atoms with van der Waals surface area (Å²) in [5.41, 5.74) is 9.82. The second-order valence-corrected chi connectivity index (χ2v) is 8.41. The number of anilines is 1. The van der Waals surface area contributed by atoms with Gasteiger partial charge in [-0.3, -0.25) is 9.59 Å². The summed E-state index contributed by atoms with van der Waals surface area (Å²) in [5, 5.41) is 7.46. The number of aromatic amines is 1. The van der Waals surface area contributed by atoms with Crippen molar-refractivity contribution in [2.24, 2.45) is 5.11 Å². The summed E-state index contributed by atoms with van der Waals surface area (Å²) >= 11 is 0. The van der Waals surface area contributed by atoms with Crippen molar-refractivity contribution in [2.45, 2.75) is 18.9 Å². The van der Waals surface area contributed by atoms with Gasteiger partial charge >= 0.3 is 0 Å². The van der Waals surface area contributed by atoms with Crippen LogP contribution in [-0.2, 0) is 0 Å². The van der Waals surface area contributed by atoms with E-state index in [1.165, 1.54) is 6.20 Å². The van der Waals surface area contributed by atoms with Gasteiger partial charge in [-0.25, -0.2) is 5.53 Å². The van der Waals surface area contributed by atoms with Crippen LogP contribution in [0.2, 0.25) is 0 Å². The van der Waals surface area contributed by atoms with E-state index in [0.29, 0.717) is 11.1 Å². The van der Waals surface area contributed by atoms with Crippen LogP contribution in [0.5, 0.6) is 0 Å². The Labute approximate surface area is 192 Å². The number of hydrogen-bond acceptors (Lipinski definition) is 6. The third-order valence-electron chi connectivity index (χ3n) is 6.21. The van der Waals surface area contributed by atoms with E-state index in [0.717, 1.165) is 42.5 Å². The van der Waals surface area contributed by atoms with Gasteiger partial charge in [0.15, 0.2) is 0 Å². The average molecular weight is 445 g/mol. The third-order valence-corrected chi connectivity index (χ3v) is 6.21. The van der Waals surface area contributed by atoms with Gasteiger partial charge in [-0.1, -0.05) is 18.2 Å². The molecule has 1 aliphatic heterocycles. The highest BCUT2D eigenvalue weighted by molar-refractivity contribution is 5.94. The molecule has 0 unspecified atom stereocenters. The van der Waals surface area contributed by atoms with Gasteiger partial charge in [-0.2, -0.15) is 5.11 Å². The van der Waals surface area contributed by atoms with Crippen LogP contribution < -0.4 is 10.9 Å². The van der Waals surface area contributed by atoms with Crippen LogP contribution in [0, 0.1) is 5.53 Å². The first-order valence-electron chi connectivity index (χ1n) is 11.0. The molecular formula is C25H28N6O2. The summed E-state index contributed by atoms with van der Waals surface area (Å²) in [5.74, 6) is 0.0104. The topological polar surface area (TPSA) is 105 Å². The molecule has 1 aromatic heterocycles. The van der Waals surface area contributed by atoms with Crippen LogP contribution in [0.4, 0.5) is 5.69 Å². The number of nitrogens with one attached hydrogen (secondary N) is 3. The Morgan fingerprint density at radius 2 is 1.88 bits per heavy atom. The lowest BCUT2D eigenvalue weighted by Crippen LogP contribution is -2.44. The maximum absolute atomic E-state index is 12.9. The number of fused-ring (bicyclic) bond motifs is 1. The molecule has 3 aromatic rings. The predicted molar refractivity (Wildman–Crippen MR) is 130 cm³/mol. The van der Waals surface area contributed by atoms with Gasteiger partial charge in [0.05, 0.1) is 5.56 Å². The summed E-state index contributed by atoms with van der Waals surface area (Å²) in [4.78, 5) is 32.3. The van der Waals surface area contributed by atoms with Crippen molar-refractivity contribution in [3.8, 4) is 0 Å². The van der Waals surface area contributed by atoms with Crippen LogP contribution >= 0.6 is 0 Å². The first-order valence-corrected chi connectivity index (χ1v) is 11.0. The number of rotatable bonds is 6. The molecule has 2 heterocycles. The third kappa shape index (κ3) is 5.01. The van der Waals surface area contributed by atoms with Crippen molar-refractivity contribution in [3.63, 3.8) is 0 Å². The summed E-state index contributed by atoms with van der Waals surface area (Å²) < 4.78 is 0. The molecule has 1 amide bonds. The lowest BCUT2D eigenvalue weighted by Gasteiger charge is -2.35. The van der Waals surface area contributed by atoms with Gasteiger partial charge in [0, 0.05) is 36.1 Å². The fourth-order valence-electron chi connectivity index (χ4n) is 4.12. The summed E-state index contributed by atoms with van der Waals surface area (Å²) in [7, 11) is 3.98. The monoisotopic (exact) mass is 444 g/mol. The molecule has 0 radical (unpaired) electrons. The molecule has 0 saturated carbocycles. The number of nitrogens with zero attached hydrogens (tertiary/aromatic N) is 3. The maximum Gasteiger partial charge on any atom is 0.258 e. The number of carbonyl (C=O) groups is 1. The van der Waals surface area contributed by atoms with Gasteiger partial charge in [0.2, 0.25) is 0 Å². The second-order valence-electron chi connectivity index (χ2n) is 8.41. The lowest BCUT2D eigenvalue weighted by molar-refractivity contribution is 0.0659. The Kier molecular flexibility index (Phi) is 6.65. The minimum absolute atomic E-state index is 0.0104. The predicted octanol–water partition coefficient (Wildman–Crippen LogP) is 4.14. The average Bonchev–Trinajstić information content (AvgIpc) is 2.84. The molecule has 0 spiro atoms. The van der Waals surface area contributed by atoms with Crippen molar-refractivity contribution < 1.29 is 4.79 Å². The molecule has 8 heteroatoms. The zero-order chi connectivity index (χ0) is 23.4. The van der Waals surface area contributed by atoms with Crippen molar-refractivity contribution in [2.75, 3.05) is 32.5 Å². The van der Waals surface area contributed by atoms with Gasteiger partial charge < -0.3 is 20.1 Å². The second kappa shape index (κ2) is 9.79. The molecule has 33 heavy (non-hydrogen) atoms. The Balaban J connectivity index is 1.47. The highest BCUT2D eigenvalue weighted by atomic mass is 16.2. The van der Waals surface area contributed by atoms with Gasteiger partial charge in [-0.05, 0) is 74.8 Å². The minimum Gasteiger partial charge on any atom is -0.360 e. The van der Waals surface area contributed by atoms with E-state index in [1.807, 2.05) is 36.2 Å². The highest BCUT2D eigenvalue weighted by Gasteiger charge is 2.24. The van der Waals surface area contributed by atoms with Crippen LogP contribution in [0.1, 0.15) is 28.8 Å². The van der Waals surface area contributed by atoms with Gasteiger partial charge in [0.25, 0.3) is 11.5 Å². The van der Waals surface area contributed by atoms with E-state index in [2.05, 4.69) is 27.4 Å². The fourth-order valence-corrected chi connectivity index (χ4v) is 4.12. The maximum atomic E-state index is 12.9. The first-order chi connectivity index (χ1) is 16.0. The SMILES string of the molecule is CN1CCC(N(C)C(=O)c2ccc(N/C=C(\N=N)c3cc4ccccc4[nH]c3=O)cc2)CC1. The van der Waals surface area contributed by atoms with Gasteiger partial charge in [0.1, 0.15) is 5.70 Å². The summed E-state index contributed by atoms with van der Waals surface area (Å²) in [6.07, 6.45) is 3.49. The smallest absolute Gasteiger partial charge is 0.258 e. The van der Waals surface area contributed by atoms with Gasteiger partial charge in [-0.15, -0.1) is 0 Å². The Morgan fingerprint density at radius 1 is 1.18 bits per heavy atom. The number of pyridine rings is 1. The van der Waals surface area contributed by atoms with Crippen molar-refractivity contribution in [3.05, 3.63) is 82.3 Å². The van der Waals surface area contributed by atoms with E-state index < -0.39 is 0 Å². The molecule has 1 saturated heterocycles. The number of carbonyl (C=O) groups excluding carboxylic acids is 1. The van der Waals surface area contributed by atoms with E-state index >= 15 is 0 Å². The molecule has 1 fully saturated rings. The number of aromatic nitrogens is 1. The number of benzene rings is 2. The number of para-hydroxylation sites is 1. The molecule has 1 aliphatic rings. The zero-order valence-electron chi connectivity index (χ0n) is 18.8. The van der Waals surface area contributed by atoms with Crippen molar-refractivity contribution >= 4 is 28.2 Å². The standard InChI is InChI=1S/C25H28N6O2/c1-30-13-11-20(12-14-30)31(2)25(33)17-7-9-19(10-8-17)27-16-23(29-26)21-15-18-5-3-4-6-22(18)28-24(21)32/h3-10,15-16,20,26-27H,11-14H2,1-2H3,(H,28,32)/b23-16-,29-26?. The number of amides is 1. The molecule has 170 valence electrons. The molecule has 8 nitrogen and oxygen atoms in total. The van der Waals surface area contributed by atoms with Crippen molar-refractivity contribution in [1.82, 2.24) is 14.8 Å². The lowest BCUT2D eigenvalue weighted by atomic mass is 10.0. The zero-order valence-corrected chi connectivity index (χ0v) is 18.8. The number of H-pyrrole nitrogens is 1. The van der Waals surface area contributed by atoms with E-state index in [4.69, 9.17) is 5.53 Å². The van der Waals surface area contributed by atoms with Crippen LogP contribution in [0.25, 0.3) is 16.6 Å². The Hall–Kier alpha value is -3.78. The fraction of sp³-hybridized carbons (Fsp3) is 0.280. The largest absolute Gasteiger partial charge is 0.360 e. The molecular weight excluding hydrogens is 416 g/mol. The quantitative estimate of drug-likeness (QED) is 0.497. The number of hydrogen-bond donors (Lipinski definition) is 3.